The summed E-state index contributed by atoms with van der Waals surface area (Å²) in [7, 11) is 0. The van der Waals surface area contributed by atoms with Crippen molar-refractivity contribution in [3.63, 3.8) is 0 Å². The van der Waals surface area contributed by atoms with Crippen LogP contribution < -0.4 is 9.80 Å². The first-order valence-corrected chi connectivity index (χ1v) is 19.4. The van der Waals surface area contributed by atoms with Gasteiger partial charge in [-0.2, -0.15) is 0 Å². The van der Waals surface area contributed by atoms with Crippen LogP contribution in [0.4, 0.5) is 34.1 Å². The number of nitrogens with zero attached hydrogens (tertiary/aromatic N) is 2. The summed E-state index contributed by atoms with van der Waals surface area (Å²) in [6.07, 6.45) is 0. The number of hydrogen-bond acceptors (Lipinski definition) is 2. The van der Waals surface area contributed by atoms with Gasteiger partial charge in [0.25, 0.3) is 0 Å². The summed E-state index contributed by atoms with van der Waals surface area (Å²) in [5.41, 5.74) is 16.7. The minimum Gasteiger partial charge on any atom is -0.310 e. The lowest BCUT2D eigenvalue weighted by molar-refractivity contribution is 1.26. The van der Waals surface area contributed by atoms with Crippen molar-refractivity contribution in [2.24, 2.45) is 0 Å². The minimum atomic E-state index is 1.13. The molecule has 2 heteroatoms. The summed E-state index contributed by atoms with van der Waals surface area (Å²) in [6.45, 7) is 8.61. The van der Waals surface area contributed by atoms with Crippen molar-refractivity contribution in [3.05, 3.63) is 216 Å². The van der Waals surface area contributed by atoms with Crippen LogP contribution >= 0.6 is 0 Å². The fraction of sp³-hybridized carbons (Fsp3) is 0.0741. The molecule has 0 N–H and O–H groups in total. The molecule has 9 aromatic carbocycles. The number of benzene rings is 9. The van der Waals surface area contributed by atoms with E-state index in [0.717, 1.165) is 34.1 Å². The Morgan fingerprint density at radius 2 is 0.518 bits per heavy atom. The summed E-state index contributed by atoms with van der Waals surface area (Å²) in [4.78, 5) is 4.71. The van der Waals surface area contributed by atoms with Crippen molar-refractivity contribution in [2.45, 2.75) is 27.7 Å². The molecule has 0 aliphatic heterocycles. The van der Waals surface area contributed by atoms with Crippen LogP contribution in [0.5, 0.6) is 0 Å². The third kappa shape index (κ3) is 6.61. The SMILES string of the molecule is Cc1cccc(N(c2ccc(-c3c4ccccc4c(-c4ccc(N(c5cccc(C)c5)c5cccc(C)c5)cc4)c4ccccc34)cc2)c2cccc(C)c2)c1. The monoisotopic (exact) mass is 720 g/mol. The highest BCUT2D eigenvalue weighted by molar-refractivity contribution is 6.21. The number of aryl methyl sites for hydroxylation is 4. The smallest absolute Gasteiger partial charge is 0.0464 e. The molecule has 0 saturated heterocycles. The summed E-state index contributed by atoms with van der Waals surface area (Å²) < 4.78 is 0. The topological polar surface area (TPSA) is 6.48 Å². The van der Waals surface area contributed by atoms with Gasteiger partial charge in [0.05, 0.1) is 0 Å². The highest BCUT2D eigenvalue weighted by atomic mass is 15.1. The van der Waals surface area contributed by atoms with Crippen LogP contribution in [0.2, 0.25) is 0 Å². The third-order valence-electron chi connectivity index (χ3n) is 10.8. The van der Waals surface area contributed by atoms with Crippen molar-refractivity contribution in [1.29, 1.82) is 0 Å². The lowest BCUT2D eigenvalue weighted by Crippen LogP contribution is -2.10. The largest absolute Gasteiger partial charge is 0.310 e. The van der Waals surface area contributed by atoms with Gasteiger partial charge >= 0.3 is 0 Å². The first-order valence-electron chi connectivity index (χ1n) is 19.4. The molecule has 2 nitrogen and oxygen atoms in total. The first kappa shape index (κ1) is 34.8. The van der Waals surface area contributed by atoms with E-state index in [1.54, 1.807) is 0 Å². The zero-order chi connectivity index (χ0) is 38.2. The predicted molar refractivity (Wildman–Crippen MR) is 241 cm³/mol. The Labute approximate surface area is 330 Å². The Balaban J connectivity index is 1.16. The van der Waals surface area contributed by atoms with Crippen LogP contribution in [0, 0.1) is 27.7 Å². The Morgan fingerprint density at radius 3 is 0.768 bits per heavy atom. The average Bonchev–Trinajstić information content (AvgIpc) is 3.21. The number of hydrogen-bond donors (Lipinski definition) is 0. The maximum atomic E-state index is 2.35. The van der Waals surface area contributed by atoms with Gasteiger partial charge in [0.1, 0.15) is 0 Å². The normalized spacial score (nSPS) is 11.2. The molecule has 0 heterocycles. The molecule has 0 aromatic heterocycles. The number of rotatable bonds is 8. The number of fused-ring (bicyclic) bond motifs is 2. The van der Waals surface area contributed by atoms with E-state index in [0.29, 0.717) is 0 Å². The second-order valence-electron chi connectivity index (χ2n) is 15.0. The van der Waals surface area contributed by atoms with Crippen molar-refractivity contribution in [3.8, 4) is 22.3 Å². The predicted octanol–water partition coefficient (Wildman–Crippen LogP) is 15.5. The van der Waals surface area contributed by atoms with Crippen LogP contribution in [-0.2, 0) is 0 Å². The lowest BCUT2D eigenvalue weighted by atomic mass is 9.86. The van der Waals surface area contributed by atoms with E-state index >= 15 is 0 Å². The van der Waals surface area contributed by atoms with Crippen LogP contribution in [0.1, 0.15) is 22.3 Å². The molecule has 56 heavy (non-hydrogen) atoms. The molecule has 0 aliphatic rings. The van der Waals surface area contributed by atoms with E-state index in [1.165, 1.54) is 66.1 Å². The summed E-state index contributed by atoms with van der Waals surface area (Å²) in [6, 6.07) is 71.0. The van der Waals surface area contributed by atoms with Crippen molar-refractivity contribution in [2.75, 3.05) is 9.80 Å². The highest BCUT2D eigenvalue weighted by Gasteiger charge is 2.19. The quantitative estimate of drug-likeness (QED) is 0.144. The van der Waals surface area contributed by atoms with Gasteiger partial charge in [-0.1, -0.05) is 121 Å². The Kier molecular flexibility index (Phi) is 9.17. The van der Waals surface area contributed by atoms with E-state index < -0.39 is 0 Å². The standard InChI is InChI=1S/C54H44N2/c1-37-13-9-17-45(33-37)55(46-18-10-14-38(2)34-46)43-29-25-41(26-30-43)53-49-21-5-7-23-51(49)54(52-24-8-6-22-50(52)53)42-27-31-44(32-28-42)56(47-19-11-15-39(3)35-47)48-20-12-16-40(4)36-48/h5-36H,1-4H3. The van der Waals surface area contributed by atoms with E-state index in [1.807, 2.05) is 0 Å². The van der Waals surface area contributed by atoms with Gasteiger partial charge in [0.15, 0.2) is 0 Å². The van der Waals surface area contributed by atoms with Crippen LogP contribution in [-0.4, -0.2) is 0 Å². The molecule has 0 aliphatic carbocycles. The molecular formula is C54H44N2. The fourth-order valence-electron chi connectivity index (χ4n) is 8.27. The first-order chi connectivity index (χ1) is 27.4. The van der Waals surface area contributed by atoms with E-state index in [2.05, 4.69) is 232 Å². The molecule has 0 saturated carbocycles. The molecule has 0 spiro atoms. The summed E-state index contributed by atoms with van der Waals surface area (Å²) in [5.74, 6) is 0. The molecule has 9 rings (SSSR count). The Morgan fingerprint density at radius 1 is 0.250 bits per heavy atom. The zero-order valence-electron chi connectivity index (χ0n) is 32.4. The van der Waals surface area contributed by atoms with Gasteiger partial charge in [0.2, 0.25) is 0 Å². The van der Waals surface area contributed by atoms with E-state index in [4.69, 9.17) is 0 Å². The maximum absolute atomic E-state index is 2.35. The lowest BCUT2D eigenvalue weighted by Gasteiger charge is -2.27. The molecule has 0 fully saturated rings. The molecule has 270 valence electrons. The van der Waals surface area contributed by atoms with Gasteiger partial charge in [0, 0.05) is 34.1 Å². The van der Waals surface area contributed by atoms with Gasteiger partial charge in [-0.25, -0.2) is 0 Å². The van der Waals surface area contributed by atoms with Crippen LogP contribution in [0.15, 0.2) is 194 Å². The Hall–Kier alpha value is -6.90. The second kappa shape index (κ2) is 14.7. The third-order valence-corrected chi connectivity index (χ3v) is 10.8. The molecule has 0 atom stereocenters. The highest BCUT2D eigenvalue weighted by Crippen LogP contribution is 2.45. The number of anilines is 6. The molecule has 0 amide bonds. The van der Waals surface area contributed by atoms with Crippen LogP contribution in [0.25, 0.3) is 43.8 Å². The second-order valence-corrected chi connectivity index (χ2v) is 15.0. The zero-order valence-corrected chi connectivity index (χ0v) is 32.4. The maximum Gasteiger partial charge on any atom is 0.0464 e. The van der Waals surface area contributed by atoms with Crippen molar-refractivity contribution in [1.82, 2.24) is 0 Å². The van der Waals surface area contributed by atoms with E-state index in [-0.39, 0.29) is 0 Å². The molecule has 0 unspecified atom stereocenters. The average molecular weight is 721 g/mol. The fourth-order valence-corrected chi connectivity index (χ4v) is 8.27. The molecular weight excluding hydrogens is 677 g/mol. The molecule has 0 bridgehead atoms. The van der Waals surface area contributed by atoms with Gasteiger partial charge in [-0.3, -0.25) is 0 Å². The van der Waals surface area contributed by atoms with Crippen molar-refractivity contribution >= 4 is 55.7 Å². The Bertz CT molecular complexity index is 2510. The van der Waals surface area contributed by atoms with Crippen LogP contribution in [0.3, 0.4) is 0 Å². The molecule has 0 radical (unpaired) electrons. The summed E-state index contributed by atoms with van der Waals surface area (Å²) in [5, 5.41) is 4.98. The van der Waals surface area contributed by atoms with Gasteiger partial charge in [-0.05, 0) is 167 Å². The van der Waals surface area contributed by atoms with E-state index in [9.17, 15) is 0 Å². The van der Waals surface area contributed by atoms with Gasteiger partial charge in [-0.15, -0.1) is 0 Å². The summed E-state index contributed by atoms with van der Waals surface area (Å²) >= 11 is 0. The molecule has 9 aromatic rings. The van der Waals surface area contributed by atoms with Crippen molar-refractivity contribution < 1.29 is 0 Å². The minimum absolute atomic E-state index is 1.13. The van der Waals surface area contributed by atoms with Gasteiger partial charge < -0.3 is 9.80 Å².